The van der Waals surface area contributed by atoms with Gasteiger partial charge in [0, 0.05) is 23.7 Å². The average molecular weight is 254 g/mol. The van der Waals surface area contributed by atoms with Crippen LogP contribution < -0.4 is 5.73 Å². The van der Waals surface area contributed by atoms with E-state index in [1.165, 1.54) is 5.56 Å². The first kappa shape index (κ1) is 13.3. The predicted molar refractivity (Wildman–Crippen MR) is 77.2 cm³/mol. The standard InChI is InChI=1S/C16H18N2O/c1-11(2)12-5-7-13(8-6-12)15(19)10-14-4-3-9-18-16(14)17/h3-9,11H,10H2,1-2H3,(H2,17,18). The Morgan fingerprint density at radius 3 is 2.47 bits per heavy atom. The zero-order valence-corrected chi connectivity index (χ0v) is 11.3. The number of ketones is 1. The zero-order chi connectivity index (χ0) is 13.8. The van der Waals surface area contributed by atoms with Gasteiger partial charge in [-0.1, -0.05) is 44.2 Å². The Labute approximate surface area is 113 Å². The molecule has 2 N–H and O–H groups in total. The molecule has 2 rings (SSSR count). The molecule has 0 aliphatic rings. The molecule has 0 radical (unpaired) electrons. The first-order valence-corrected chi connectivity index (χ1v) is 6.40. The summed E-state index contributed by atoms with van der Waals surface area (Å²) in [6.45, 7) is 4.26. The van der Waals surface area contributed by atoms with Crippen molar-refractivity contribution >= 4 is 11.6 Å². The van der Waals surface area contributed by atoms with Gasteiger partial charge in [-0.05, 0) is 17.5 Å². The summed E-state index contributed by atoms with van der Waals surface area (Å²) in [6, 6.07) is 11.4. The van der Waals surface area contributed by atoms with Gasteiger partial charge in [0.2, 0.25) is 0 Å². The molecule has 1 aromatic carbocycles. The molecule has 0 atom stereocenters. The highest BCUT2D eigenvalue weighted by atomic mass is 16.1. The largest absolute Gasteiger partial charge is 0.383 e. The van der Waals surface area contributed by atoms with Gasteiger partial charge in [-0.25, -0.2) is 4.98 Å². The third-order valence-corrected chi connectivity index (χ3v) is 3.18. The third-order valence-electron chi connectivity index (χ3n) is 3.18. The van der Waals surface area contributed by atoms with Crippen molar-refractivity contribution in [3.63, 3.8) is 0 Å². The molecule has 3 heteroatoms. The molecule has 2 aromatic rings. The highest BCUT2D eigenvalue weighted by Gasteiger charge is 2.10. The van der Waals surface area contributed by atoms with Crippen LogP contribution in [0, 0.1) is 0 Å². The average Bonchev–Trinajstić information content (AvgIpc) is 2.41. The smallest absolute Gasteiger partial charge is 0.167 e. The summed E-state index contributed by atoms with van der Waals surface area (Å²) >= 11 is 0. The lowest BCUT2D eigenvalue weighted by Gasteiger charge is -2.07. The third kappa shape index (κ3) is 3.19. The minimum absolute atomic E-state index is 0.0648. The minimum Gasteiger partial charge on any atom is -0.383 e. The van der Waals surface area contributed by atoms with E-state index in [-0.39, 0.29) is 5.78 Å². The summed E-state index contributed by atoms with van der Waals surface area (Å²) in [5.41, 5.74) is 8.47. The predicted octanol–water partition coefficient (Wildman–Crippen LogP) is 3.21. The highest BCUT2D eigenvalue weighted by molar-refractivity contribution is 5.98. The van der Waals surface area contributed by atoms with Crippen molar-refractivity contribution in [2.75, 3.05) is 5.73 Å². The van der Waals surface area contributed by atoms with E-state index < -0.39 is 0 Å². The Bertz CT molecular complexity index is 574. The number of nitrogens with two attached hydrogens (primary N) is 1. The fraction of sp³-hybridized carbons (Fsp3) is 0.250. The normalized spacial score (nSPS) is 10.7. The number of hydrogen-bond acceptors (Lipinski definition) is 3. The number of Topliss-reactive ketones (excluding diaryl/α,β-unsaturated/α-hetero) is 1. The molecular weight excluding hydrogens is 236 g/mol. The molecule has 0 bridgehead atoms. The summed E-state index contributed by atoms with van der Waals surface area (Å²) in [5, 5.41) is 0. The number of anilines is 1. The van der Waals surface area contributed by atoms with Gasteiger partial charge in [-0.2, -0.15) is 0 Å². The van der Waals surface area contributed by atoms with Gasteiger partial charge in [0.05, 0.1) is 0 Å². The summed E-state index contributed by atoms with van der Waals surface area (Å²) in [6.07, 6.45) is 1.92. The Balaban J connectivity index is 2.14. The molecule has 0 fully saturated rings. The Hall–Kier alpha value is -2.16. The Morgan fingerprint density at radius 2 is 1.89 bits per heavy atom. The maximum absolute atomic E-state index is 12.2. The van der Waals surface area contributed by atoms with Gasteiger partial charge in [0.1, 0.15) is 5.82 Å². The topological polar surface area (TPSA) is 56.0 Å². The van der Waals surface area contributed by atoms with E-state index in [1.807, 2.05) is 30.3 Å². The van der Waals surface area contributed by atoms with Crippen LogP contribution in [-0.2, 0) is 6.42 Å². The van der Waals surface area contributed by atoms with E-state index in [0.29, 0.717) is 23.7 Å². The molecule has 0 amide bonds. The van der Waals surface area contributed by atoms with Crippen molar-refractivity contribution in [1.82, 2.24) is 4.98 Å². The number of nitrogens with zero attached hydrogens (tertiary/aromatic N) is 1. The first-order chi connectivity index (χ1) is 9.08. The molecule has 3 nitrogen and oxygen atoms in total. The molecule has 98 valence electrons. The monoisotopic (exact) mass is 254 g/mol. The van der Waals surface area contributed by atoms with E-state index in [4.69, 9.17) is 5.73 Å². The van der Waals surface area contributed by atoms with Gasteiger partial charge >= 0.3 is 0 Å². The second kappa shape index (κ2) is 5.65. The molecule has 0 saturated heterocycles. The molecule has 0 aliphatic heterocycles. The number of carbonyl (C=O) groups excluding carboxylic acids is 1. The van der Waals surface area contributed by atoms with Gasteiger partial charge in [-0.3, -0.25) is 4.79 Å². The molecule has 0 saturated carbocycles. The summed E-state index contributed by atoms with van der Waals surface area (Å²) in [5.74, 6) is 0.961. The lowest BCUT2D eigenvalue weighted by atomic mass is 9.98. The van der Waals surface area contributed by atoms with Crippen LogP contribution in [0.5, 0.6) is 0 Å². The maximum atomic E-state index is 12.2. The fourth-order valence-electron chi connectivity index (χ4n) is 1.93. The highest BCUT2D eigenvalue weighted by Crippen LogP contribution is 2.17. The SMILES string of the molecule is CC(C)c1ccc(C(=O)Cc2cccnc2N)cc1. The summed E-state index contributed by atoms with van der Waals surface area (Å²) in [7, 11) is 0. The molecule has 0 aliphatic carbocycles. The van der Waals surface area contributed by atoms with Crippen molar-refractivity contribution < 1.29 is 4.79 Å². The molecule has 1 aromatic heterocycles. The second-order valence-corrected chi connectivity index (χ2v) is 4.92. The van der Waals surface area contributed by atoms with Gasteiger partial charge in [0.25, 0.3) is 0 Å². The maximum Gasteiger partial charge on any atom is 0.167 e. The number of aromatic nitrogens is 1. The van der Waals surface area contributed by atoms with Crippen LogP contribution in [0.25, 0.3) is 0 Å². The van der Waals surface area contributed by atoms with Crippen molar-refractivity contribution in [1.29, 1.82) is 0 Å². The molecule has 1 heterocycles. The molecule has 0 unspecified atom stereocenters. The van der Waals surface area contributed by atoms with Crippen molar-refractivity contribution in [2.45, 2.75) is 26.2 Å². The van der Waals surface area contributed by atoms with Gasteiger partial charge < -0.3 is 5.73 Å². The van der Waals surface area contributed by atoms with Gasteiger partial charge in [-0.15, -0.1) is 0 Å². The molecule has 19 heavy (non-hydrogen) atoms. The molecule has 0 spiro atoms. The lowest BCUT2D eigenvalue weighted by Crippen LogP contribution is -2.07. The van der Waals surface area contributed by atoms with Crippen molar-refractivity contribution in [3.05, 3.63) is 59.3 Å². The number of nitrogen functional groups attached to an aromatic ring is 1. The van der Waals surface area contributed by atoms with E-state index in [9.17, 15) is 4.79 Å². The first-order valence-electron chi connectivity index (χ1n) is 6.40. The van der Waals surface area contributed by atoms with Crippen LogP contribution >= 0.6 is 0 Å². The van der Waals surface area contributed by atoms with Crippen molar-refractivity contribution in [3.8, 4) is 0 Å². The van der Waals surface area contributed by atoms with E-state index in [0.717, 1.165) is 5.56 Å². The van der Waals surface area contributed by atoms with E-state index in [1.54, 1.807) is 12.3 Å². The number of benzene rings is 1. The van der Waals surface area contributed by atoms with E-state index in [2.05, 4.69) is 18.8 Å². The number of hydrogen-bond donors (Lipinski definition) is 1. The quantitative estimate of drug-likeness (QED) is 0.852. The Kier molecular flexibility index (Phi) is 3.95. The van der Waals surface area contributed by atoms with Crippen LogP contribution in [0.4, 0.5) is 5.82 Å². The number of carbonyl (C=O) groups is 1. The van der Waals surface area contributed by atoms with Gasteiger partial charge in [0.15, 0.2) is 5.78 Å². The Morgan fingerprint density at radius 1 is 1.21 bits per heavy atom. The van der Waals surface area contributed by atoms with Crippen LogP contribution in [0.3, 0.4) is 0 Å². The summed E-state index contributed by atoms with van der Waals surface area (Å²) < 4.78 is 0. The van der Waals surface area contributed by atoms with Crippen LogP contribution in [0.15, 0.2) is 42.6 Å². The fourth-order valence-corrected chi connectivity index (χ4v) is 1.93. The van der Waals surface area contributed by atoms with Crippen LogP contribution in [0.1, 0.15) is 41.3 Å². The van der Waals surface area contributed by atoms with E-state index >= 15 is 0 Å². The van der Waals surface area contributed by atoms with Crippen molar-refractivity contribution in [2.24, 2.45) is 0 Å². The lowest BCUT2D eigenvalue weighted by molar-refractivity contribution is 0.0993. The zero-order valence-electron chi connectivity index (χ0n) is 11.3. The number of rotatable bonds is 4. The van der Waals surface area contributed by atoms with Crippen LogP contribution in [-0.4, -0.2) is 10.8 Å². The minimum atomic E-state index is 0.0648. The molecular formula is C16H18N2O. The number of pyridine rings is 1. The van der Waals surface area contributed by atoms with Crippen LogP contribution in [0.2, 0.25) is 0 Å². The summed E-state index contributed by atoms with van der Waals surface area (Å²) in [4.78, 5) is 16.2. The second-order valence-electron chi connectivity index (χ2n) is 4.92.